The SMILES string of the molecule is Cc1ccnc2c1[nH]c(=S)n2CCOCCN(C)C. The highest BCUT2D eigenvalue weighted by Crippen LogP contribution is 2.14. The minimum atomic E-state index is 0.644. The van der Waals surface area contributed by atoms with E-state index in [1.165, 1.54) is 0 Å². The van der Waals surface area contributed by atoms with Crippen LogP contribution in [0, 0.1) is 11.7 Å². The van der Waals surface area contributed by atoms with Crippen molar-refractivity contribution in [3.8, 4) is 0 Å². The maximum atomic E-state index is 5.60. The molecule has 0 amide bonds. The van der Waals surface area contributed by atoms with E-state index in [2.05, 4.69) is 14.9 Å². The maximum absolute atomic E-state index is 5.60. The first-order chi connectivity index (χ1) is 9.09. The molecule has 1 N–H and O–H groups in total. The summed E-state index contributed by atoms with van der Waals surface area (Å²) in [7, 11) is 4.07. The van der Waals surface area contributed by atoms with Crippen LogP contribution in [0.5, 0.6) is 0 Å². The van der Waals surface area contributed by atoms with E-state index >= 15 is 0 Å². The number of nitrogens with zero attached hydrogens (tertiary/aromatic N) is 3. The van der Waals surface area contributed by atoms with Gasteiger partial charge in [-0.25, -0.2) is 4.98 Å². The van der Waals surface area contributed by atoms with E-state index in [-0.39, 0.29) is 0 Å². The highest BCUT2D eigenvalue weighted by atomic mass is 32.1. The second-order valence-electron chi connectivity index (χ2n) is 4.82. The number of pyridine rings is 1. The van der Waals surface area contributed by atoms with Crippen molar-refractivity contribution in [2.24, 2.45) is 0 Å². The Bertz CT molecular complexity index is 602. The Kier molecular flexibility index (Phi) is 4.68. The number of rotatable bonds is 6. The molecule has 5 nitrogen and oxygen atoms in total. The smallest absolute Gasteiger partial charge is 0.179 e. The first-order valence-electron chi connectivity index (χ1n) is 6.36. The van der Waals surface area contributed by atoms with Crippen molar-refractivity contribution in [1.82, 2.24) is 19.4 Å². The second kappa shape index (κ2) is 6.27. The molecule has 0 aromatic carbocycles. The molecule has 2 heterocycles. The van der Waals surface area contributed by atoms with Gasteiger partial charge in [0.25, 0.3) is 0 Å². The molecule has 19 heavy (non-hydrogen) atoms. The van der Waals surface area contributed by atoms with Crippen LogP contribution >= 0.6 is 12.2 Å². The molecule has 2 rings (SSSR count). The molecule has 0 radical (unpaired) electrons. The number of fused-ring (bicyclic) bond motifs is 1. The molecule has 104 valence electrons. The van der Waals surface area contributed by atoms with Gasteiger partial charge in [0, 0.05) is 12.7 Å². The number of H-pyrrole nitrogens is 1. The molecular formula is C13H20N4OS. The van der Waals surface area contributed by atoms with Crippen LogP contribution in [0.1, 0.15) is 5.56 Å². The zero-order valence-corrected chi connectivity index (χ0v) is 12.5. The fourth-order valence-corrected chi connectivity index (χ4v) is 2.17. The Hall–Kier alpha value is -1.24. The number of hydrogen-bond acceptors (Lipinski definition) is 4. The third kappa shape index (κ3) is 3.40. The normalized spacial score (nSPS) is 11.6. The van der Waals surface area contributed by atoms with Crippen LogP contribution in [0.4, 0.5) is 0 Å². The number of ether oxygens (including phenoxy) is 1. The van der Waals surface area contributed by atoms with Crippen LogP contribution in [0.25, 0.3) is 11.2 Å². The first kappa shape index (κ1) is 14.2. The van der Waals surface area contributed by atoms with E-state index in [9.17, 15) is 0 Å². The summed E-state index contributed by atoms with van der Waals surface area (Å²) in [6.07, 6.45) is 1.81. The Morgan fingerprint density at radius 1 is 1.42 bits per heavy atom. The third-order valence-corrected chi connectivity index (χ3v) is 3.34. The fourth-order valence-electron chi connectivity index (χ4n) is 1.89. The molecule has 0 aliphatic rings. The molecule has 0 unspecified atom stereocenters. The van der Waals surface area contributed by atoms with Crippen LogP contribution in [0.2, 0.25) is 0 Å². The quantitative estimate of drug-likeness (QED) is 0.649. The van der Waals surface area contributed by atoms with E-state index in [4.69, 9.17) is 17.0 Å². The van der Waals surface area contributed by atoms with Crippen LogP contribution in [-0.2, 0) is 11.3 Å². The summed E-state index contributed by atoms with van der Waals surface area (Å²) in [5.41, 5.74) is 3.07. The third-order valence-electron chi connectivity index (χ3n) is 3.01. The van der Waals surface area contributed by atoms with Crippen molar-refractivity contribution in [2.45, 2.75) is 13.5 Å². The van der Waals surface area contributed by atoms with E-state index in [1.54, 1.807) is 0 Å². The average Bonchev–Trinajstić information content (AvgIpc) is 2.67. The Morgan fingerprint density at radius 2 is 2.21 bits per heavy atom. The summed E-state index contributed by atoms with van der Waals surface area (Å²) in [5.74, 6) is 0. The van der Waals surface area contributed by atoms with E-state index in [0.717, 1.165) is 36.4 Å². The molecule has 0 bridgehead atoms. The number of hydrogen-bond donors (Lipinski definition) is 1. The number of likely N-dealkylation sites (N-methyl/N-ethyl adjacent to an activating group) is 1. The zero-order valence-electron chi connectivity index (χ0n) is 11.6. The second-order valence-corrected chi connectivity index (χ2v) is 5.21. The molecule has 2 aromatic rings. The number of aryl methyl sites for hydroxylation is 1. The highest BCUT2D eigenvalue weighted by molar-refractivity contribution is 7.71. The van der Waals surface area contributed by atoms with Crippen molar-refractivity contribution in [3.63, 3.8) is 0 Å². The van der Waals surface area contributed by atoms with Gasteiger partial charge in [0.1, 0.15) is 0 Å². The van der Waals surface area contributed by atoms with Crippen molar-refractivity contribution in [2.75, 3.05) is 33.9 Å². The van der Waals surface area contributed by atoms with Crippen LogP contribution in [0.15, 0.2) is 12.3 Å². The summed E-state index contributed by atoms with van der Waals surface area (Å²) < 4.78 is 8.30. The lowest BCUT2D eigenvalue weighted by atomic mass is 10.3. The lowest BCUT2D eigenvalue weighted by Crippen LogP contribution is -2.19. The molecule has 0 spiro atoms. The lowest BCUT2D eigenvalue weighted by molar-refractivity contribution is 0.111. The molecule has 0 fully saturated rings. The maximum Gasteiger partial charge on any atom is 0.179 e. The summed E-state index contributed by atoms with van der Waals surface area (Å²) in [5, 5.41) is 0. The van der Waals surface area contributed by atoms with Gasteiger partial charge in [-0.05, 0) is 44.9 Å². The molecule has 0 aliphatic heterocycles. The van der Waals surface area contributed by atoms with E-state index < -0.39 is 0 Å². The number of aromatic nitrogens is 3. The minimum Gasteiger partial charge on any atom is -0.378 e. The van der Waals surface area contributed by atoms with Gasteiger partial charge in [-0.1, -0.05) is 0 Å². The van der Waals surface area contributed by atoms with Gasteiger partial charge in [-0.3, -0.25) is 4.57 Å². The Labute approximate surface area is 118 Å². The van der Waals surface area contributed by atoms with Crippen LogP contribution in [-0.4, -0.2) is 53.3 Å². The van der Waals surface area contributed by atoms with Gasteiger partial charge >= 0.3 is 0 Å². The summed E-state index contributed by atoms with van der Waals surface area (Å²) in [6.45, 7) is 5.08. The number of nitrogens with one attached hydrogen (secondary N) is 1. The topological polar surface area (TPSA) is 46.1 Å². The largest absolute Gasteiger partial charge is 0.378 e. The van der Waals surface area contributed by atoms with Crippen molar-refractivity contribution in [3.05, 3.63) is 22.6 Å². The Balaban J connectivity index is 2.03. The highest BCUT2D eigenvalue weighted by Gasteiger charge is 2.07. The molecule has 2 aromatic heterocycles. The molecule has 0 saturated heterocycles. The predicted molar refractivity (Wildman–Crippen MR) is 79.0 cm³/mol. The van der Waals surface area contributed by atoms with Crippen LogP contribution in [0.3, 0.4) is 0 Å². The number of imidazole rings is 1. The molecule has 0 atom stereocenters. The van der Waals surface area contributed by atoms with Crippen molar-refractivity contribution in [1.29, 1.82) is 0 Å². The van der Waals surface area contributed by atoms with Gasteiger partial charge in [0.15, 0.2) is 10.4 Å². The van der Waals surface area contributed by atoms with Gasteiger partial charge in [0.05, 0.1) is 25.3 Å². The summed E-state index contributed by atoms with van der Waals surface area (Å²) in [6, 6.07) is 1.98. The van der Waals surface area contributed by atoms with E-state index in [0.29, 0.717) is 11.4 Å². The van der Waals surface area contributed by atoms with Crippen LogP contribution < -0.4 is 0 Å². The van der Waals surface area contributed by atoms with Gasteiger partial charge in [0.2, 0.25) is 0 Å². The zero-order chi connectivity index (χ0) is 13.8. The molecule has 6 heteroatoms. The average molecular weight is 280 g/mol. The number of aromatic amines is 1. The predicted octanol–water partition coefficient (Wildman–Crippen LogP) is 1.98. The van der Waals surface area contributed by atoms with Gasteiger partial charge < -0.3 is 14.6 Å². The summed E-state index contributed by atoms with van der Waals surface area (Å²) >= 11 is 5.34. The standard InChI is InChI=1S/C13H20N4OS/c1-10-4-5-14-12-11(10)15-13(19)17(12)7-9-18-8-6-16(2)3/h4-5H,6-9H2,1-3H3,(H,15,19). The fraction of sp³-hybridized carbons (Fsp3) is 0.538. The molecular weight excluding hydrogens is 260 g/mol. The minimum absolute atomic E-state index is 0.644. The van der Waals surface area contributed by atoms with Gasteiger partial charge in [-0.15, -0.1) is 0 Å². The van der Waals surface area contributed by atoms with Gasteiger partial charge in [-0.2, -0.15) is 0 Å². The monoisotopic (exact) mass is 280 g/mol. The Morgan fingerprint density at radius 3 is 2.95 bits per heavy atom. The van der Waals surface area contributed by atoms with Crippen molar-refractivity contribution >= 4 is 23.4 Å². The van der Waals surface area contributed by atoms with E-state index in [1.807, 2.05) is 37.8 Å². The first-order valence-corrected chi connectivity index (χ1v) is 6.77. The summed E-state index contributed by atoms with van der Waals surface area (Å²) in [4.78, 5) is 9.70. The van der Waals surface area contributed by atoms with Crippen molar-refractivity contribution < 1.29 is 4.74 Å². The molecule has 0 aliphatic carbocycles. The molecule has 0 saturated carbocycles. The lowest BCUT2D eigenvalue weighted by Gasteiger charge is -2.10.